The van der Waals surface area contributed by atoms with E-state index in [1.165, 1.54) is 6.92 Å². The number of nitrogens with one attached hydrogen (secondary N) is 2. The lowest BCUT2D eigenvalue weighted by molar-refractivity contribution is -0.137. The van der Waals surface area contributed by atoms with Crippen LogP contribution in [0.3, 0.4) is 0 Å². The summed E-state index contributed by atoms with van der Waals surface area (Å²) in [5.41, 5.74) is -1.07. The third kappa shape index (κ3) is 4.23. The molecule has 0 aliphatic rings. The molecule has 0 unspecified atom stereocenters. The standard InChI is InChI=1S/C11H12F4N2O/c1-7(18)16-4-5-17-10-3-2-8(6-9(10)12)11(13,14)15/h2-3,6,17H,4-5H2,1H3,(H,16,18). The number of carbonyl (C=O) groups is 1. The van der Waals surface area contributed by atoms with Crippen molar-refractivity contribution in [3.8, 4) is 0 Å². The molecule has 1 aromatic carbocycles. The topological polar surface area (TPSA) is 41.1 Å². The van der Waals surface area contributed by atoms with Crippen LogP contribution in [-0.4, -0.2) is 19.0 Å². The number of benzene rings is 1. The Labute approximate surface area is 101 Å². The van der Waals surface area contributed by atoms with Crippen molar-refractivity contribution in [2.45, 2.75) is 13.1 Å². The number of amides is 1. The highest BCUT2D eigenvalue weighted by Crippen LogP contribution is 2.31. The van der Waals surface area contributed by atoms with E-state index in [4.69, 9.17) is 0 Å². The van der Waals surface area contributed by atoms with E-state index >= 15 is 0 Å². The highest BCUT2D eigenvalue weighted by Gasteiger charge is 2.31. The van der Waals surface area contributed by atoms with Crippen LogP contribution in [0.25, 0.3) is 0 Å². The molecular formula is C11H12F4N2O. The highest BCUT2D eigenvalue weighted by atomic mass is 19.4. The SMILES string of the molecule is CC(=O)NCCNc1ccc(C(F)(F)F)cc1F. The molecule has 100 valence electrons. The van der Waals surface area contributed by atoms with Crippen LogP contribution in [0, 0.1) is 5.82 Å². The zero-order chi connectivity index (χ0) is 13.8. The Morgan fingerprint density at radius 1 is 1.28 bits per heavy atom. The normalized spacial score (nSPS) is 11.2. The van der Waals surface area contributed by atoms with Gasteiger partial charge in [0.25, 0.3) is 0 Å². The Hall–Kier alpha value is -1.79. The van der Waals surface area contributed by atoms with Gasteiger partial charge in [-0.05, 0) is 18.2 Å². The van der Waals surface area contributed by atoms with Gasteiger partial charge in [-0.3, -0.25) is 4.79 Å². The van der Waals surface area contributed by atoms with E-state index < -0.39 is 17.6 Å². The van der Waals surface area contributed by atoms with E-state index in [1.807, 2.05) is 0 Å². The number of hydrogen-bond donors (Lipinski definition) is 2. The van der Waals surface area contributed by atoms with Crippen molar-refractivity contribution in [1.29, 1.82) is 0 Å². The summed E-state index contributed by atoms with van der Waals surface area (Å²) in [5, 5.41) is 5.06. The molecule has 1 amide bonds. The summed E-state index contributed by atoms with van der Waals surface area (Å²) in [6.45, 7) is 1.82. The van der Waals surface area contributed by atoms with Crippen LogP contribution in [-0.2, 0) is 11.0 Å². The lowest BCUT2D eigenvalue weighted by Gasteiger charge is -2.11. The molecule has 0 radical (unpaired) electrons. The van der Waals surface area contributed by atoms with Crippen molar-refractivity contribution in [3.63, 3.8) is 0 Å². The molecule has 2 N–H and O–H groups in total. The van der Waals surface area contributed by atoms with E-state index in [0.717, 1.165) is 12.1 Å². The minimum atomic E-state index is -4.56. The molecule has 0 spiro atoms. The first-order valence-electron chi connectivity index (χ1n) is 5.16. The largest absolute Gasteiger partial charge is 0.416 e. The van der Waals surface area contributed by atoms with Crippen LogP contribution in [0.15, 0.2) is 18.2 Å². The zero-order valence-electron chi connectivity index (χ0n) is 9.57. The van der Waals surface area contributed by atoms with Gasteiger partial charge in [0.15, 0.2) is 0 Å². The quantitative estimate of drug-likeness (QED) is 0.647. The lowest BCUT2D eigenvalue weighted by atomic mass is 10.2. The van der Waals surface area contributed by atoms with Gasteiger partial charge in [0.1, 0.15) is 5.82 Å². The predicted octanol–water partition coefficient (Wildman–Crippen LogP) is 2.39. The van der Waals surface area contributed by atoms with E-state index in [1.54, 1.807) is 0 Å². The third-order valence-corrected chi connectivity index (χ3v) is 2.11. The van der Waals surface area contributed by atoms with Crippen LogP contribution in [0.2, 0.25) is 0 Å². The fourth-order valence-corrected chi connectivity index (χ4v) is 1.27. The van der Waals surface area contributed by atoms with Crippen molar-refractivity contribution < 1.29 is 22.4 Å². The van der Waals surface area contributed by atoms with Crippen molar-refractivity contribution in [1.82, 2.24) is 5.32 Å². The fraction of sp³-hybridized carbons (Fsp3) is 0.364. The molecule has 0 aliphatic carbocycles. The first kappa shape index (κ1) is 14.3. The van der Waals surface area contributed by atoms with E-state index in [9.17, 15) is 22.4 Å². The zero-order valence-corrected chi connectivity index (χ0v) is 9.57. The molecule has 0 saturated heterocycles. The molecule has 0 aliphatic heterocycles. The molecule has 0 heterocycles. The number of alkyl halides is 3. The van der Waals surface area contributed by atoms with Gasteiger partial charge in [-0.2, -0.15) is 13.2 Å². The first-order valence-corrected chi connectivity index (χ1v) is 5.16. The molecule has 7 heteroatoms. The van der Waals surface area contributed by atoms with Gasteiger partial charge in [0.05, 0.1) is 11.3 Å². The molecule has 1 rings (SSSR count). The Kier molecular flexibility index (Phi) is 4.52. The van der Waals surface area contributed by atoms with Crippen molar-refractivity contribution in [3.05, 3.63) is 29.6 Å². The maximum absolute atomic E-state index is 13.3. The third-order valence-electron chi connectivity index (χ3n) is 2.11. The Morgan fingerprint density at radius 3 is 2.44 bits per heavy atom. The van der Waals surface area contributed by atoms with Crippen LogP contribution < -0.4 is 10.6 Å². The Balaban J connectivity index is 2.60. The van der Waals surface area contributed by atoms with Gasteiger partial charge in [0, 0.05) is 20.0 Å². The van der Waals surface area contributed by atoms with E-state index in [-0.39, 0.29) is 24.7 Å². The molecule has 0 saturated carbocycles. The summed E-state index contributed by atoms with van der Waals surface area (Å²) < 4.78 is 50.1. The van der Waals surface area contributed by atoms with Gasteiger partial charge in [-0.1, -0.05) is 0 Å². The van der Waals surface area contributed by atoms with Gasteiger partial charge >= 0.3 is 6.18 Å². The number of halogens is 4. The van der Waals surface area contributed by atoms with Crippen LogP contribution in [0.1, 0.15) is 12.5 Å². The monoisotopic (exact) mass is 264 g/mol. The summed E-state index contributed by atoms with van der Waals surface area (Å²) >= 11 is 0. The fourth-order valence-electron chi connectivity index (χ4n) is 1.27. The van der Waals surface area contributed by atoms with Crippen LogP contribution in [0.4, 0.5) is 23.2 Å². The average Bonchev–Trinajstić information content (AvgIpc) is 2.24. The van der Waals surface area contributed by atoms with Gasteiger partial charge in [-0.25, -0.2) is 4.39 Å². The Bertz CT molecular complexity index is 432. The molecule has 0 atom stereocenters. The van der Waals surface area contributed by atoms with Crippen molar-refractivity contribution in [2.24, 2.45) is 0 Å². The predicted molar refractivity (Wildman–Crippen MR) is 58.6 cm³/mol. The average molecular weight is 264 g/mol. The smallest absolute Gasteiger partial charge is 0.381 e. The minimum Gasteiger partial charge on any atom is -0.381 e. The van der Waals surface area contributed by atoms with Gasteiger partial charge in [-0.15, -0.1) is 0 Å². The number of hydrogen-bond acceptors (Lipinski definition) is 2. The van der Waals surface area contributed by atoms with Gasteiger partial charge < -0.3 is 10.6 Å². The lowest BCUT2D eigenvalue weighted by Crippen LogP contribution is -2.26. The van der Waals surface area contributed by atoms with E-state index in [0.29, 0.717) is 6.07 Å². The summed E-state index contributed by atoms with van der Waals surface area (Å²) in [5.74, 6) is -1.21. The molecule has 3 nitrogen and oxygen atoms in total. The molecule has 18 heavy (non-hydrogen) atoms. The van der Waals surface area contributed by atoms with Crippen LogP contribution >= 0.6 is 0 Å². The molecule has 1 aromatic rings. The molecule has 0 bridgehead atoms. The number of carbonyl (C=O) groups excluding carboxylic acids is 1. The minimum absolute atomic E-state index is 0.0339. The summed E-state index contributed by atoms with van der Waals surface area (Å²) in [6.07, 6.45) is -4.56. The summed E-state index contributed by atoms with van der Waals surface area (Å²) in [7, 11) is 0. The van der Waals surface area contributed by atoms with Crippen molar-refractivity contribution in [2.75, 3.05) is 18.4 Å². The first-order chi connectivity index (χ1) is 8.30. The van der Waals surface area contributed by atoms with Crippen LogP contribution in [0.5, 0.6) is 0 Å². The molecular weight excluding hydrogens is 252 g/mol. The maximum atomic E-state index is 13.3. The van der Waals surface area contributed by atoms with Gasteiger partial charge in [0.2, 0.25) is 5.91 Å². The molecule has 0 aromatic heterocycles. The summed E-state index contributed by atoms with van der Waals surface area (Å²) in [4.78, 5) is 10.5. The highest BCUT2D eigenvalue weighted by molar-refractivity contribution is 5.72. The number of anilines is 1. The Morgan fingerprint density at radius 2 is 1.94 bits per heavy atom. The number of rotatable bonds is 4. The second kappa shape index (κ2) is 5.70. The molecule has 0 fully saturated rings. The summed E-state index contributed by atoms with van der Waals surface area (Å²) in [6, 6.07) is 2.25. The second-order valence-corrected chi connectivity index (χ2v) is 3.60. The van der Waals surface area contributed by atoms with E-state index in [2.05, 4.69) is 10.6 Å². The second-order valence-electron chi connectivity index (χ2n) is 3.60. The maximum Gasteiger partial charge on any atom is 0.416 e. The van der Waals surface area contributed by atoms with Crippen molar-refractivity contribution >= 4 is 11.6 Å².